The molecule has 0 bridgehead atoms. The van der Waals surface area contributed by atoms with Crippen molar-refractivity contribution in [3.63, 3.8) is 0 Å². The van der Waals surface area contributed by atoms with E-state index in [1.807, 2.05) is 19.0 Å². The van der Waals surface area contributed by atoms with Crippen molar-refractivity contribution in [1.29, 1.82) is 0 Å². The maximum absolute atomic E-state index is 12.7. The predicted octanol–water partition coefficient (Wildman–Crippen LogP) is 2.19. The highest BCUT2D eigenvalue weighted by Gasteiger charge is 2.39. The van der Waals surface area contributed by atoms with E-state index in [9.17, 15) is 4.79 Å². The quantitative estimate of drug-likeness (QED) is 0.723. The molecule has 0 radical (unpaired) electrons. The van der Waals surface area contributed by atoms with Crippen molar-refractivity contribution in [1.82, 2.24) is 25.7 Å². The first-order valence-corrected chi connectivity index (χ1v) is 10.1. The number of carbonyl (C=O) groups is 1. The molecule has 7 nitrogen and oxygen atoms in total. The minimum Gasteiger partial charge on any atom is -0.343 e. The zero-order valence-corrected chi connectivity index (χ0v) is 16.2. The summed E-state index contributed by atoms with van der Waals surface area (Å²) in [4.78, 5) is 19.4. The van der Waals surface area contributed by atoms with Gasteiger partial charge in [0.1, 0.15) is 5.54 Å². The lowest BCUT2D eigenvalue weighted by Gasteiger charge is -2.31. The molecular formula is C19H33N5O2. The molecule has 0 aromatic carbocycles. The minimum absolute atomic E-state index is 0.123. The maximum atomic E-state index is 12.7. The zero-order valence-electron chi connectivity index (χ0n) is 16.2. The summed E-state index contributed by atoms with van der Waals surface area (Å²) in [6, 6.07) is 0. The molecule has 26 heavy (non-hydrogen) atoms. The SMILES string of the molecule is CN(C)Cc1nc(C2(NC(=O)CCC3CCNC3)CCCCCC2)no1. The van der Waals surface area contributed by atoms with Crippen molar-refractivity contribution in [2.45, 2.75) is 69.9 Å². The fourth-order valence-electron chi connectivity index (χ4n) is 4.15. The molecule has 1 aromatic heterocycles. The van der Waals surface area contributed by atoms with Gasteiger partial charge < -0.3 is 20.1 Å². The lowest BCUT2D eigenvalue weighted by molar-refractivity contribution is -0.123. The maximum Gasteiger partial charge on any atom is 0.240 e. The summed E-state index contributed by atoms with van der Waals surface area (Å²) >= 11 is 0. The molecule has 1 saturated carbocycles. The van der Waals surface area contributed by atoms with Crippen molar-refractivity contribution in [3.8, 4) is 0 Å². The molecule has 7 heteroatoms. The van der Waals surface area contributed by atoms with Crippen LogP contribution in [0.5, 0.6) is 0 Å². The third kappa shape index (κ3) is 5.04. The molecule has 1 unspecified atom stereocenters. The van der Waals surface area contributed by atoms with Gasteiger partial charge in [0.25, 0.3) is 0 Å². The van der Waals surface area contributed by atoms with Crippen molar-refractivity contribution in [2.75, 3.05) is 27.2 Å². The van der Waals surface area contributed by atoms with E-state index in [2.05, 4.69) is 20.8 Å². The Bertz CT molecular complexity index is 572. The number of amides is 1. The molecule has 0 spiro atoms. The molecule has 1 aromatic rings. The Morgan fingerprint density at radius 1 is 1.31 bits per heavy atom. The van der Waals surface area contributed by atoms with Crippen LogP contribution in [0.15, 0.2) is 4.52 Å². The van der Waals surface area contributed by atoms with Gasteiger partial charge in [-0.15, -0.1) is 0 Å². The second kappa shape index (κ2) is 8.95. The first kappa shape index (κ1) is 19.3. The number of carbonyl (C=O) groups excluding carboxylic acids is 1. The Balaban J connectivity index is 1.68. The smallest absolute Gasteiger partial charge is 0.240 e. The van der Waals surface area contributed by atoms with Gasteiger partial charge in [0, 0.05) is 6.42 Å². The number of rotatable bonds is 7. The summed E-state index contributed by atoms with van der Waals surface area (Å²) in [7, 11) is 3.95. The molecule has 2 aliphatic rings. The summed E-state index contributed by atoms with van der Waals surface area (Å²) < 4.78 is 5.46. The van der Waals surface area contributed by atoms with E-state index in [4.69, 9.17) is 4.52 Å². The summed E-state index contributed by atoms with van der Waals surface area (Å²) in [5.74, 6) is 2.02. The second-order valence-corrected chi connectivity index (χ2v) is 8.19. The van der Waals surface area contributed by atoms with Crippen LogP contribution in [0, 0.1) is 5.92 Å². The Kier molecular flexibility index (Phi) is 6.64. The predicted molar refractivity (Wildman–Crippen MR) is 99.4 cm³/mol. The highest BCUT2D eigenvalue weighted by atomic mass is 16.5. The average Bonchev–Trinajstić information content (AvgIpc) is 3.22. The molecule has 1 aliphatic carbocycles. The van der Waals surface area contributed by atoms with Crippen LogP contribution in [-0.4, -0.2) is 48.1 Å². The molecule has 1 saturated heterocycles. The zero-order chi connectivity index (χ0) is 18.4. The van der Waals surface area contributed by atoms with Crippen LogP contribution in [0.1, 0.15) is 69.5 Å². The van der Waals surface area contributed by atoms with Crippen LogP contribution in [-0.2, 0) is 16.9 Å². The molecule has 1 aliphatic heterocycles. The van der Waals surface area contributed by atoms with Gasteiger partial charge in [-0.25, -0.2) is 0 Å². The van der Waals surface area contributed by atoms with E-state index in [0.29, 0.717) is 30.6 Å². The molecule has 2 N–H and O–H groups in total. The number of aromatic nitrogens is 2. The molecule has 1 amide bonds. The minimum atomic E-state index is -0.463. The summed E-state index contributed by atoms with van der Waals surface area (Å²) in [6.07, 6.45) is 9.08. The molecule has 1 atom stereocenters. The van der Waals surface area contributed by atoms with Crippen LogP contribution in [0.25, 0.3) is 0 Å². The molecule has 3 rings (SSSR count). The Hall–Kier alpha value is -1.47. The third-order valence-electron chi connectivity index (χ3n) is 5.63. The third-order valence-corrected chi connectivity index (χ3v) is 5.63. The monoisotopic (exact) mass is 363 g/mol. The number of hydrogen-bond donors (Lipinski definition) is 2. The molecule has 2 fully saturated rings. The van der Waals surface area contributed by atoms with Crippen molar-refractivity contribution in [3.05, 3.63) is 11.7 Å². The largest absolute Gasteiger partial charge is 0.343 e. The molecule has 2 heterocycles. The number of hydrogen-bond acceptors (Lipinski definition) is 6. The van der Waals surface area contributed by atoms with Crippen LogP contribution >= 0.6 is 0 Å². The van der Waals surface area contributed by atoms with E-state index in [-0.39, 0.29) is 5.91 Å². The average molecular weight is 364 g/mol. The van der Waals surface area contributed by atoms with Gasteiger partial charge in [-0.05, 0) is 58.8 Å². The van der Waals surface area contributed by atoms with Crippen LogP contribution in [0.2, 0.25) is 0 Å². The Labute approximate surface area is 156 Å². The van der Waals surface area contributed by atoms with E-state index in [1.165, 1.54) is 19.3 Å². The molecular weight excluding hydrogens is 330 g/mol. The normalized spacial score (nSPS) is 23.1. The second-order valence-electron chi connectivity index (χ2n) is 8.19. The highest BCUT2D eigenvalue weighted by Crippen LogP contribution is 2.35. The van der Waals surface area contributed by atoms with Gasteiger partial charge in [0.2, 0.25) is 11.8 Å². The van der Waals surface area contributed by atoms with Gasteiger partial charge in [-0.1, -0.05) is 30.8 Å². The van der Waals surface area contributed by atoms with Crippen molar-refractivity contribution >= 4 is 5.91 Å². The van der Waals surface area contributed by atoms with E-state index >= 15 is 0 Å². The summed E-state index contributed by atoms with van der Waals surface area (Å²) in [5.41, 5.74) is -0.463. The van der Waals surface area contributed by atoms with Crippen LogP contribution < -0.4 is 10.6 Å². The lowest BCUT2D eigenvalue weighted by atomic mass is 9.88. The Morgan fingerprint density at radius 3 is 2.73 bits per heavy atom. The van der Waals surface area contributed by atoms with Crippen molar-refractivity contribution < 1.29 is 9.32 Å². The van der Waals surface area contributed by atoms with Crippen LogP contribution in [0.4, 0.5) is 0 Å². The number of nitrogens with zero attached hydrogens (tertiary/aromatic N) is 3. The fraction of sp³-hybridized carbons (Fsp3) is 0.842. The van der Waals surface area contributed by atoms with Crippen LogP contribution in [0.3, 0.4) is 0 Å². The van der Waals surface area contributed by atoms with Crippen molar-refractivity contribution in [2.24, 2.45) is 5.92 Å². The number of nitrogens with one attached hydrogen (secondary N) is 2. The van der Waals surface area contributed by atoms with Gasteiger partial charge in [0.15, 0.2) is 5.82 Å². The first-order valence-electron chi connectivity index (χ1n) is 10.1. The van der Waals surface area contributed by atoms with E-state index < -0.39 is 5.54 Å². The molecule has 146 valence electrons. The van der Waals surface area contributed by atoms with E-state index in [0.717, 1.165) is 45.2 Å². The van der Waals surface area contributed by atoms with Gasteiger partial charge in [-0.3, -0.25) is 4.79 Å². The highest BCUT2D eigenvalue weighted by molar-refractivity contribution is 5.76. The Morgan fingerprint density at radius 2 is 2.08 bits per heavy atom. The van der Waals surface area contributed by atoms with Gasteiger partial charge >= 0.3 is 0 Å². The topological polar surface area (TPSA) is 83.3 Å². The lowest BCUT2D eigenvalue weighted by Crippen LogP contribution is -2.46. The van der Waals surface area contributed by atoms with E-state index in [1.54, 1.807) is 0 Å². The van der Waals surface area contributed by atoms with Gasteiger partial charge in [0.05, 0.1) is 6.54 Å². The summed E-state index contributed by atoms with van der Waals surface area (Å²) in [5, 5.41) is 11.0. The standard InChI is InChI=1S/C19H33N5O2/c1-24(2)14-17-21-18(23-26-17)19(10-5-3-4-6-11-19)22-16(25)8-7-15-9-12-20-13-15/h15,20H,3-14H2,1-2H3,(H,22,25). The fourth-order valence-corrected chi connectivity index (χ4v) is 4.15. The summed E-state index contributed by atoms with van der Waals surface area (Å²) in [6.45, 7) is 2.73. The van der Waals surface area contributed by atoms with Gasteiger partial charge in [-0.2, -0.15) is 4.98 Å². The first-order chi connectivity index (χ1) is 12.6.